The molecule has 0 saturated heterocycles. The van der Waals surface area contributed by atoms with E-state index in [9.17, 15) is 4.79 Å². The van der Waals surface area contributed by atoms with Crippen molar-refractivity contribution < 1.29 is 4.79 Å². The van der Waals surface area contributed by atoms with Crippen molar-refractivity contribution in [3.63, 3.8) is 0 Å². The fourth-order valence-corrected chi connectivity index (χ4v) is 2.37. The van der Waals surface area contributed by atoms with Gasteiger partial charge in [0.1, 0.15) is 0 Å². The summed E-state index contributed by atoms with van der Waals surface area (Å²) in [4.78, 5) is 16.0. The first-order valence-corrected chi connectivity index (χ1v) is 7.73. The Hall–Kier alpha value is -1.87. The molecule has 0 aliphatic rings. The molecule has 2 rings (SSSR count). The Balaban J connectivity index is 2.24. The third-order valence-corrected chi connectivity index (χ3v) is 4.39. The molecular formula is C19H21NOS. The zero-order valence-corrected chi connectivity index (χ0v) is 14.1. The van der Waals surface area contributed by atoms with Crippen LogP contribution in [0.5, 0.6) is 0 Å². The average Bonchev–Trinajstić information content (AvgIpc) is 2.53. The standard InChI is InChI=1S/C19H21NOS/c1-19(2,18(21)22)13-17(20-3)16-11-9-15(10-12-16)14-7-5-4-6-8-14/h4-12H,13H2,1-3H3,(H,21,22). The Morgan fingerprint density at radius 3 is 2.05 bits per heavy atom. The van der Waals surface area contributed by atoms with Gasteiger partial charge in [0.05, 0.1) is 0 Å². The van der Waals surface area contributed by atoms with E-state index < -0.39 is 5.41 Å². The highest BCUT2D eigenvalue weighted by Gasteiger charge is 2.27. The summed E-state index contributed by atoms with van der Waals surface area (Å²) >= 11 is 3.97. The van der Waals surface area contributed by atoms with E-state index in [2.05, 4.69) is 54.0 Å². The van der Waals surface area contributed by atoms with Crippen LogP contribution in [0, 0.1) is 5.41 Å². The van der Waals surface area contributed by atoms with E-state index in [4.69, 9.17) is 0 Å². The van der Waals surface area contributed by atoms with Gasteiger partial charge in [0.15, 0.2) is 5.12 Å². The van der Waals surface area contributed by atoms with Crippen LogP contribution in [-0.4, -0.2) is 17.9 Å². The lowest BCUT2D eigenvalue weighted by Gasteiger charge is -2.21. The minimum atomic E-state index is -0.518. The number of hydrogen-bond acceptors (Lipinski definition) is 2. The Morgan fingerprint density at radius 1 is 1.00 bits per heavy atom. The molecule has 0 radical (unpaired) electrons. The Labute approximate surface area is 137 Å². The molecule has 3 heteroatoms. The summed E-state index contributed by atoms with van der Waals surface area (Å²) in [6.07, 6.45) is 0.580. The van der Waals surface area contributed by atoms with Gasteiger partial charge in [0.2, 0.25) is 0 Å². The molecule has 0 heterocycles. The van der Waals surface area contributed by atoms with Crippen LogP contribution in [0.25, 0.3) is 11.1 Å². The van der Waals surface area contributed by atoms with Crippen LogP contribution in [0.1, 0.15) is 25.8 Å². The van der Waals surface area contributed by atoms with Crippen LogP contribution in [0.3, 0.4) is 0 Å². The highest BCUT2D eigenvalue weighted by molar-refractivity contribution is 7.96. The lowest BCUT2D eigenvalue weighted by atomic mass is 9.86. The summed E-state index contributed by atoms with van der Waals surface area (Å²) in [6.45, 7) is 3.79. The van der Waals surface area contributed by atoms with Gasteiger partial charge in [-0.25, -0.2) is 0 Å². The van der Waals surface area contributed by atoms with E-state index >= 15 is 0 Å². The molecule has 0 aliphatic heterocycles. The predicted octanol–water partition coefficient (Wildman–Crippen LogP) is 4.65. The molecule has 0 aromatic heterocycles. The molecule has 22 heavy (non-hydrogen) atoms. The molecule has 0 saturated carbocycles. The van der Waals surface area contributed by atoms with Crippen molar-refractivity contribution in [3.05, 3.63) is 60.2 Å². The van der Waals surface area contributed by atoms with Crippen molar-refractivity contribution in [3.8, 4) is 11.1 Å². The Morgan fingerprint density at radius 2 is 1.55 bits per heavy atom. The van der Waals surface area contributed by atoms with Gasteiger partial charge in [0.25, 0.3) is 0 Å². The summed E-state index contributed by atoms with van der Waals surface area (Å²) in [7, 11) is 1.76. The molecule has 2 nitrogen and oxygen atoms in total. The van der Waals surface area contributed by atoms with E-state index in [0.717, 1.165) is 11.3 Å². The summed E-state index contributed by atoms with van der Waals surface area (Å²) in [6, 6.07) is 18.5. The normalized spacial score (nSPS) is 12.3. The maximum atomic E-state index is 11.6. The van der Waals surface area contributed by atoms with Crippen LogP contribution in [0.4, 0.5) is 0 Å². The van der Waals surface area contributed by atoms with Gasteiger partial charge in [-0.05, 0) is 16.7 Å². The van der Waals surface area contributed by atoms with E-state index in [0.29, 0.717) is 6.42 Å². The van der Waals surface area contributed by atoms with Gasteiger partial charge >= 0.3 is 0 Å². The molecule has 0 fully saturated rings. The van der Waals surface area contributed by atoms with E-state index in [1.165, 1.54) is 11.1 Å². The highest BCUT2D eigenvalue weighted by atomic mass is 32.1. The number of hydrogen-bond donors (Lipinski definition) is 1. The predicted molar refractivity (Wildman–Crippen MR) is 96.7 cm³/mol. The van der Waals surface area contributed by atoms with Crippen LogP contribution in [0.15, 0.2) is 59.6 Å². The Kier molecular flexibility index (Phi) is 5.19. The number of nitrogens with zero attached hydrogens (tertiary/aromatic N) is 1. The highest BCUT2D eigenvalue weighted by Crippen LogP contribution is 2.27. The van der Waals surface area contributed by atoms with Crippen LogP contribution in [-0.2, 0) is 4.79 Å². The maximum Gasteiger partial charge on any atom is 0.191 e. The van der Waals surface area contributed by atoms with Crippen molar-refractivity contribution in [2.24, 2.45) is 10.4 Å². The molecular weight excluding hydrogens is 290 g/mol. The molecule has 2 aromatic carbocycles. The molecule has 2 aromatic rings. The van der Waals surface area contributed by atoms with E-state index in [1.807, 2.05) is 32.0 Å². The lowest BCUT2D eigenvalue weighted by molar-refractivity contribution is -0.117. The first kappa shape index (κ1) is 16.5. The van der Waals surface area contributed by atoms with Crippen LogP contribution < -0.4 is 0 Å². The fourth-order valence-electron chi connectivity index (χ4n) is 2.29. The van der Waals surface area contributed by atoms with Crippen molar-refractivity contribution in [1.82, 2.24) is 0 Å². The second-order valence-electron chi connectivity index (χ2n) is 5.98. The van der Waals surface area contributed by atoms with Gasteiger partial charge in [-0.3, -0.25) is 9.79 Å². The zero-order chi connectivity index (χ0) is 16.2. The van der Waals surface area contributed by atoms with Crippen molar-refractivity contribution in [2.45, 2.75) is 20.3 Å². The van der Waals surface area contributed by atoms with Crippen LogP contribution >= 0.6 is 12.6 Å². The molecule has 0 N–H and O–H groups in total. The van der Waals surface area contributed by atoms with Gasteiger partial charge in [-0.15, -0.1) is 12.6 Å². The molecule has 0 atom stereocenters. The molecule has 0 bridgehead atoms. The quantitative estimate of drug-likeness (QED) is 0.632. The van der Waals surface area contributed by atoms with Crippen molar-refractivity contribution in [2.75, 3.05) is 7.05 Å². The topological polar surface area (TPSA) is 29.4 Å². The molecule has 0 unspecified atom stereocenters. The number of aliphatic imine (C=N–C) groups is 1. The smallest absolute Gasteiger partial charge is 0.191 e. The SMILES string of the molecule is CN=C(CC(C)(C)C(=O)S)c1ccc(-c2ccccc2)cc1. The summed E-state index contributed by atoms with van der Waals surface area (Å²) < 4.78 is 0. The second-order valence-corrected chi connectivity index (χ2v) is 6.39. The summed E-state index contributed by atoms with van der Waals surface area (Å²) in [5, 5.41) is -0.116. The molecule has 0 aliphatic carbocycles. The number of carbonyl (C=O) groups excluding carboxylic acids is 1. The van der Waals surface area contributed by atoms with Gasteiger partial charge in [0, 0.05) is 24.6 Å². The minimum Gasteiger partial charge on any atom is -0.292 e. The third kappa shape index (κ3) is 3.86. The Bertz CT molecular complexity index is 672. The monoisotopic (exact) mass is 311 g/mol. The minimum absolute atomic E-state index is 0.116. The van der Waals surface area contributed by atoms with Crippen molar-refractivity contribution >= 4 is 23.5 Å². The third-order valence-electron chi connectivity index (χ3n) is 3.78. The van der Waals surface area contributed by atoms with Gasteiger partial charge in [-0.1, -0.05) is 68.4 Å². The summed E-state index contributed by atoms with van der Waals surface area (Å²) in [5.41, 5.74) is 3.81. The first-order valence-electron chi connectivity index (χ1n) is 7.29. The number of rotatable bonds is 5. The zero-order valence-electron chi connectivity index (χ0n) is 13.2. The summed E-state index contributed by atoms with van der Waals surface area (Å²) in [5.74, 6) is 0. The maximum absolute atomic E-state index is 11.6. The second kappa shape index (κ2) is 6.93. The number of benzene rings is 2. The fraction of sp³-hybridized carbons (Fsp3) is 0.263. The lowest BCUT2D eigenvalue weighted by Crippen LogP contribution is -2.24. The van der Waals surface area contributed by atoms with Crippen LogP contribution in [0.2, 0.25) is 0 Å². The van der Waals surface area contributed by atoms with Crippen molar-refractivity contribution in [1.29, 1.82) is 0 Å². The molecule has 114 valence electrons. The molecule has 0 spiro atoms. The average molecular weight is 311 g/mol. The number of carbonyl (C=O) groups is 1. The largest absolute Gasteiger partial charge is 0.292 e. The number of thiol groups is 1. The first-order chi connectivity index (χ1) is 10.4. The van der Waals surface area contributed by atoms with E-state index in [-0.39, 0.29) is 5.12 Å². The van der Waals surface area contributed by atoms with E-state index in [1.54, 1.807) is 7.05 Å². The van der Waals surface area contributed by atoms with Gasteiger partial charge in [-0.2, -0.15) is 0 Å². The molecule has 0 amide bonds. The van der Waals surface area contributed by atoms with Gasteiger partial charge < -0.3 is 0 Å².